The number of carbonyl (C=O) groups is 2. The van der Waals surface area contributed by atoms with Gasteiger partial charge in [-0.05, 0) is 30.4 Å². The Balaban J connectivity index is 1.56. The van der Waals surface area contributed by atoms with Crippen LogP contribution < -0.4 is 5.32 Å². The van der Waals surface area contributed by atoms with Crippen molar-refractivity contribution in [2.45, 2.75) is 12.8 Å². The zero-order valence-electron chi connectivity index (χ0n) is 12.6. The number of nitrogens with zero attached hydrogens (tertiary/aromatic N) is 2. The fourth-order valence-electron chi connectivity index (χ4n) is 2.66. The van der Waals surface area contributed by atoms with Crippen LogP contribution in [0.3, 0.4) is 0 Å². The van der Waals surface area contributed by atoms with E-state index in [9.17, 15) is 9.59 Å². The third kappa shape index (κ3) is 3.50. The predicted molar refractivity (Wildman–Crippen MR) is 90.0 cm³/mol. The molecule has 6 nitrogen and oxygen atoms in total. The zero-order valence-corrected chi connectivity index (χ0v) is 13.4. The summed E-state index contributed by atoms with van der Waals surface area (Å²) in [6.45, 7) is 4.66. The number of hydrogen-bond acceptors (Lipinski definition) is 4. The maximum absolute atomic E-state index is 12.3. The summed E-state index contributed by atoms with van der Waals surface area (Å²) in [4.78, 5) is 26.7. The largest absolute Gasteiger partial charge is 0.339 e. The monoisotopic (exact) mass is 330 g/mol. The number of H-pyrrole nitrogens is 1. The van der Waals surface area contributed by atoms with Gasteiger partial charge in [0.2, 0.25) is 11.8 Å². The molecule has 7 heteroatoms. The third-order valence-electron chi connectivity index (χ3n) is 3.97. The minimum atomic E-state index is -0.0919. The number of rotatable bonds is 4. The van der Waals surface area contributed by atoms with Crippen molar-refractivity contribution in [1.82, 2.24) is 15.1 Å². The van der Waals surface area contributed by atoms with Crippen LogP contribution in [0.15, 0.2) is 36.2 Å². The number of amides is 2. The molecule has 0 aromatic carbocycles. The van der Waals surface area contributed by atoms with Gasteiger partial charge in [0.15, 0.2) is 5.82 Å². The molecule has 0 saturated carbocycles. The zero-order chi connectivity index (χ0) is 16.2. The maximum Gasteiger partial charge on any atom is 0.245 e. The third-order valence-corrected chi connectivity index (χ3v) is 4.87. The number of hydrogen-bond donors (Lipinski definition) is 2. The Morgan fingerprint density at radius 2 is 2.22 bits per heavy atom. The molecular weight excluding hydrogens is 312 g/mol. The van der Waals surface area contributed by atoms with Gasteiger partial charge in [0.1, 0.15) is 0 Å². The summed E-state index contributed by atoms with van der Waals surface area (Å²) in [5.41, 5.74) is 0.890. The molecule has 0 radical (unpaired) electrons. The fraction of sp³-hybridized carbons (Fsp3) is 0.312. The lowest BCUT2D eigenvalue weighted by molar-refractivity contribution is -0.130. The molecule has 0 bridgehead atoms. The van der Waals surface area contributed by atoms with Gasteiger partial charge in [0, 0.05) is 25.1 Å². The Morgan fingerprint density at radius 1 is 1.43 bits per heavy atom. The van der Waals surface area contributed by atoms with Gasteiger partial charge >= 0.3 is 0 Å². The average molecular weight is 330 g/mol. The Bertz CT molecular complexity index is 699. The van der Waals surface area contributed by atoms with Crippen molar-refractivity contribution in [2.75, 3.05) is 18.4 Å². The predicted octanol–water partition coefficient (Wildman–Crippen LogP) is 2.50. The number of nitrogens with one attached hydrogen (secondary N) is 2. The molecule has 1 saturated heterocycles. The minimum absolute atomic E-state index is 0.0417. The SMILES string of the molecule is C=CC(=O)N1CCC(C(=O)Nc2cc(-c3cccs3)[nH]n2)CC1. The second kappa shape index (κ2) is 6.78. The topological polar surface area (TPSA) is 78.1 Å². The molecule has 0 unspecified atom stereocenters. The van der Waals surface area contributed by atoms with Crippen LogP contribution in [-0.2, 0) is 9.59 Å². The molecule has 120 valence electrons. The summed E-state index contributed by atoms with van der Waals surface area (Å²) in [6.07, 6.45) is 2.64. The van der Waals surface area contributed by atoms with Crippen molar-refractivity contribution in [2.24, 2.45) is 5.92 Å². The first kappa shape index (κ1) is 15.5. The van der Waals surface area contributed by atoms with Crippen molar-refractivity contribution in [3.05, 3.63) is 36.2 Å². The number of aromatic amines is 1. The highest BCUT2D eigenvalue weighted by Crippen LogP contribution is 2.25. The summed E-state index contributed by atoms with van der Waals surface area (Å²) in [6, 6.07) is 5.80. The van der Waals surface area contributed by atoms with Gasteiger partial charge in [-0.25, -0.2) is 0 Å². The summed E-state index contributed by atoms with van der Waals surface area (Å²) < 4.78 is 0. The van der Waals surface area contributed by atoms with E-state index in [4.69, 9.17) is 0 Å². The van der Waals surface area contributed by atoms with E-state index < -0.39 is 0 Å². The number of aromatic nitrogens is 2. The van der Waals surface area contributed by atoms with Gasteiger partial charge in [-0.3, -0.25) is 14.7 Å². The summed E-state index contributed by atoms with van der Waals surface area (Å²) in [5.74, 6) is 0.324. The van der Waals surface area contributed by atoms with Crippen LogP contribution in [0.1, 0.15) is 12.8 Å². The van der Waals surface area contributed by atoms with E-state index in [1.807, 2.05) is 23.6 Å². The molecule has 3 heterocycles. The Morgan fingerprint density at radius 3 is 2.87 bits per heavy atom. The van der Waals surface area contributed by atoms with Crippen LogP contribution in [0.4, 0.5) is 5.82 Å². The fourth-order valence-corrected chi connectivity index (χ4v) is 3.36. The lowest BCUT2D eigenvalue weighted by Gasteiger charge is -2.30. The van der Waals surface area contributed by atoms with Crippen LogP contribution in [0, 0.1) is 5.92 Å². The smallest absolute Gasteiger partial charge is 0.245 e. The van der Waals surface area contributed by atoms with Crippen molar-refractivity contribution in [1.29, 1.82) is 0 Å². The number of carbonyl (C=O) groups excluding carboxylic acids is 2. The van der Waals surface area contributed by atoms with Crippen LogP contribution in [-0.4, -0.2) is 40.0 Å². The molecule has 2 aromatic heterocycles. The molecule has 1 aliphatic rings. The van der Waals surface area contributed by atoms with Gasteiger partial charge in [-0.2, -0.15) is 5.10 Å². The van der Waals surface area contributed by atoms with E-state index in [0.717, 1.165) is 10.6 Å². The molecule has 2 N–H and O–H groups in total. The number of thiophene rings is 1. The summed E-state index contributed by atoms with van der Waals surface area (Å²) in [5, 5.41) is 11.9. The van der Waals surface area contributed by atoms with Crippen molar-refractivity contribution >= 4 is 29.0 Å². The van der Waals surface area contributed by atoms with E-state index in [1.54, 1.807) is 16.2 Å². The van der Waals surface area contributed by atoms with Gasteiger partial charge in [-0.15, -0.1) is 11.3 Å². The average Bonchev–Trinajstić information content (AvgIpc) is 3.25. The van der Waals surface area contributed by atoms with E-state index in [-0.39, 0.29) is 17.7 Å². The lowest BCUT2D eigenvalue weighted by Crippen LogP contribution is -2.40. The van der Waals surface area contributed by atoms with Crippen molar-refractivity contribution in [3.63, 3.8) is 0 Å². The molecule has 1 aliphatic heterocycles. The second-order valence-electron chi connectivity index (χ2n) is 5.44. The lowest BCUT2D eigenvalue weighted by atomic mass is 9.96. The van der Waals surface area contributed by atoms with E-state index >= 15 is 0 Å². The summed E-state index contributed by atoms with van der Waals surface area (Å²) in [7, 11) is 0. The molecule has 2 amide bonds. The standard InChI is InChI=1S/C16H18N4O2S/c1-2-15(21)20-7-5-11(6-8-20)16(22)17-14-10-12(18-19-14)13-4-3-9-23-13/h2-4,9-11H,1,5-8H2,(H2,17,18,19,22). The Kier molecular flexibility index (Phi) is 4.57. The van der Waals surface area contributed by atoms with Crippen LogP contribution in [0.25, 0.3) is 10.6 Å². The molecule has 3 rings (SSSR count). The maximum atomic E-state index is 12.3. The molecule has 0 atom stereocenters. The van der Waals surface area contributed by atoms with Crippen LogP contribution in [0.2, 0.25) is 0 Å². The van der Waals surface area contributed by atoms with Gasteiger partial charge in [-0.1, -0.05) is 12.6 Å². The highest BCUT2D eigenvalue weighted by atomic mass is 32.1. The Hall–Kier alpha value is -2.41. The quantitative estimate of drug-likeness (QED) is 0.846. The first-order valence-electron chi connectivity index (χ1n) is 7.49. The molecule has 1 fully saturated rings. The van der Waals surface area contributed by atoms with Crippen molar-refractivity contribution in [3.8, 4) is 10.6 Å². The minimum Gasteiger partial charge on any atom is -0.339 e. The van der Waals surface area contributed by atoms with E-state index in [2.05, 4.69) is 22.1 Å². The second-order valence-corrected chi connectivity index (χ2v) is 6.38. The molecule has 2 aromatic rings. The van der Waals surface area contributed by atoms with Gasteiger partial charge in [0.25, 0.3) is 0 Å². The summed E-state index contributed by atoms with van der Waals surface area (Å²) >= 11 is 1.61. The van der Waals surface area contributed by atoms with E-state index in [1.165, 1.54) is 6.08 Å². The Labute approximate surface area is 138 Å². The normalized spacial score (nSPS) is 15.4. The number of likely N-dealkylation sites (tertiary alicyclic amines) is 1. The highest BCUT2D eigenvalue weighted by molar-refractivity contribution is 7.13. The van der Waals surface area contributed by atoms with Crippen molar-refractivity contribution < 1.29 is 9.59 Å². The van der Waals surface area contributed by atoms with Crippen LogP contribution in [0.5, 0.6) is 0 Å². The van der Waals surface area contributed by atoms with E-state index in [0.29, 0.717) is 31.7 Å². The molecule has 0 aliphatic carbocycles. The first-order chi connectivity index (χ1) is 11.2. The van der Waals surface area contributed by atoms with Gasteiger partial charge in [0.05, 0.1) is 10.6 Å². The number of anilines is 1. The highest BCUT2D eigenvalue weighted by Gasteiger charge is 2.26. The van der Waals surface area contributed by atoms with Gasteiger partial charge < -0.3 is 10.2 Å². The molecule has 0 spiro atoms. The van der Waals surface area contributed by atoms with Crippen LogP contribution >= 0.6 is 11.3 Å². The number of piperidine rings is 1. The first-order valence-corrected chi connectivity index (χ1v) is 8.37. The molecule has 23 heavy (non-hydrogen) atoms. The molecular formula is C16H18N4O2S.